The van der Waals surface area contributed by atoms with Crippen LogP contribution in [-0.2, 0) is 12.9 Å². The average molecular weight is 439 g/mol. The van der Waals surface area contributed by atoms with Gasteiger partial charge in [-0.05, 0) is 47.5 Å². The fraction of sp³-hybridized carbons (Fsp3) is 0. The molecule has 137 valence electrons. The Morgan fingerprint density at radius 2 is 1.04 bits per heavy atom. The SMILES string of the molecule is [Cl][Co][Cl].c1ccc(-c2cc(-c3ccccn3)nc(-c3ccccn3)c2)cc1. The molecule has 0 amide bonds. The molecule has 3 heterocycles. The van der Waals surface area contributed by atoms with Gasteiger partial charge in [0.1, 0.15) is 0 Å². The van der Waals surface area contributed by atoms with Crippen LogP contribution in [0.25, 0.3) is 33.9 Å². The third kappa shape index (κ3) is 5.37. The van der Waals surface area contributed by atoms with E-state index in [0.29, 0.717) is 12.9 Å². The standard InChI is InChI=1S/C21H15N3.2ClH.Co/c1-2-8-16(9-3-1)17-14-20(18-10-4-6-12-22-18)24-21(15-17)19-11-5-7-13-23-19;;;/h1-15H;2*1H;/q;;;+2/p-2. The molecular formula is C21H15Cl2CoN3. The minimum atomic E-state index is 0.382. The quantitative estimate of drug-likeness (QED) is 0.379. The van der Waals surface area contributed by atoms with E-state index in [1.165, 1.54) is 0 Å². The Balaban J connectivity index is 0.000000659. The van der Waals surface area contributed by atoms with Crippen molar-refractivity contribution in [3.63, 3.8) is 0 Å². The van der Waals surface area contributed by atoms with Crippen LogP contribution in [0.1, 0.15) is 0 Å². The first-order valence-electron chi connectivity index (χ1n) is 8.06. The molecule has 0 N–H and O–H groups in total. The molecular weight excluding hydrogens is 424 g/mol. The van der Waals surface area contributed by atoms with Crippen LogP contribution in [0.2, 0.25) is 0 Å². The zero-order valence-electron chi connectivity index (χ0n) is 14.1. The second-order valence-corrected chi connectivity index (χ2v) is 7.19. The zero-order chi connectivity index (χ0) is 18.9. The normalized spacial score (nSPS) is 10.1. The number of halogens is 2. The molecule has 1 aromatic carbocycles. The number of aromatic nitrogens is 3. The van der Waals surface area contributed by atoms with Gasteiger partial charge in [0, 0.05) is 12.4 Å². The largest absolute Gasteiger partial charge is 0.255 e. The first-order chi connectivity index (χ1) is 13.3. The molecule has 0 aliphatic heterocycles. The van der Waals surface area contributed by atoms with Crippen molar-refractivity contribution in [3.8, 4) is 33.9 Å². The molecule has 3 nitrogen and oxygen atoms in total. The van der Waals surface area contributed by atoms with E-state index >= 15 is 0 Å². The summed E-state index contributed by atoms with van der Waals surface area (Å²) in [6.45, 7) is 0. The Morgan fingerprint density at radius 3 is 1.48 bits per heavy atom. The minimum absolute atomic E-state index is 0.382. The Bertz CT molecular complexity index is 829. The Kier molecular flexibility index (Phi) is 7.36. The number of benzene rings is 1. The summed E-state index contributed by atoms with van der Waals surface area (Å²) < 4.78 is 0. The van der Waals surface area contributed by atoms with Crippen LogP contribution in [0.3, 0.4) is 0 Å². The van der Waals surface area contributed by atoms with Gasteiger partial charge in [-0.15, -0.1) is 0 Å². The topological polar surface area (TPSA) is 38.7 Å². The molecule has 0 fully saturated rings. The number of hydrogen-bond acceptors (Lipinski definition) is 3. The summed E-state index contributed by atoms with van der Waals surface area (Å²) >= 11 is 0.382. The minimum Gasteiger partial charge on any atom is -0.255 e. The molecule has 0 aliphatic carbocycles. The van der Waals surface area contributed by atoms with E-state index in [-0.39, 0.29) is 0 Å². The molecule has 0 saturated heterocycles. The second-order valence-electron chi connectivity index (χ2n) is 5.47. The molecule has 0 saturated carbocycles. The van der Waals surface area contributed by atoms with Crippen molar-refractivity contribution in [3.05, 3.63) is 91.3 Å². The summed E-state index contributed by atoms with van der Waals surface area (Å²) in [6, 6.07) is 26.1. The number of rotatable bonds is 3. The van der Waals surface area contributed by atoms with Crippen molar-refractivity contribution in [1.82, 2.24) is 15.0 Å². The van der Waals surface area contributed by atoms with Gasteiger partial charge in [0.25, 0.3) is 0 Å². The maximum atomic E-state index is 4.77. The summed E-state index contributed by atoms with van der Waals surface area (Å²) in [7, 11) is 9.47. The summed E-state index contributed by atoms with van der Waals surface area (Å²) in [5.41, 5.74) is 5.65. The summed E-state index contributed by atoms with van der Waals surface area (Å²) in [5, 5.41) is 0. The van der Waals surface area contributed by atoms with E-state index in [0.717, 1.165) is 33.9 Å². The summed E-state index contributed by atoms with van der Waals surface area (Å²) in [4.78, 5) is 13.6. The summed E-state index contributed by atoms with van der Waals surface area (Å²) in [5.74, 6) is 0. The number of pyridine rings is 3. The first kappa shape index (κ1) is 19.5. The van der Waals surface area contributed by atoms with E-state index in [4.69, 9.17) is 25.3 Å². The number of hydrogen-bond donors (Lipinski definition) is 0. The third-order valence-electron chi connectivity index (χ3n) is 3.79. The summed E-state index contributed by atoms with van der Waals surface area (Å²) in [6.07, 6.45) is 3.57. The molecule has 0 spiro atoms. The van der Waals surface area contributed by atoms with E-state index in [1.807, 2.05) is 54.6 Å². The molecule has 6 heteroatoms. The van der Waals surface area contributed by atoms with Crippen molar-refractivity contribution in [2.24, 2.45) is 0 Å². The molecule has 0 atom stereocenters. The average Bonchev–Trinajstić information content (AvgIpc) is 2.76. The Hall–Kier alpha value is -2.24. The Labute approximate surface area is 172 Å². The van der Waals surface area contributed by atoms with Crippen molar-refractivity contribution in [2.45, 2.75) is 0 Å². The van der Waals surface area contributed by atoms with Crippen LogP contribution in [0.4, 0.5) is 0 Å². The van der Waals surface area contributed by atoms with Crippen LogP contribution in [0.15, 0.2) is 91.3 Å². The van der Waals surface area contributed by atoms with Gasteiger partial charge in [-0.3, -0.25) is 9.97 Å². The molecule has 0 unspecified atom stereocenters. The van der Waals surface area contributed by atoms with Gasteiger partial charge < -0.3 is 0 Å². The molecule has 27 heavy (non-hydrogen) atoms. The predicted octanol–water partition coefficient (Wildman–Crippen LogP) is 6.25. The van der Waals surface area contributed by atoms with E-state index < -0.39 is 0 Å². The van der Waals surface area contributed by atoms with Crippen molar-refractivity contribution in [2.75, 3.05) is 0 Å². The first-order valence-corrected chi connectivity index (χ1v) is 10.9. The van der Waals surface area contributed by atoms with Crippen LogP contribution in [0, 0.1) is 0 Å². The third-order valence-corrected chi connectivity index (χ3v) is 3.79. The molecule has 0 aliphatic rings. The fourth-order valence-electron chi connectivity index (χ4n) is 2.62. The zero-order valence-corrected chi connectivity index (χ0v) is 16.6. The van der Waals surface area contributed by atoms with Crippen LogP contribution >= 0.6 is 20.3 Å². The predicted molar refractivity (Wildman–Crippen MR) is 108 cm³/mol. The van der Waals surface area contributed by atoms with Gasteiger partial charge in [0.05, 0.1) is 22.8 Å². The Morgan fingerprint density at radius 1 is 0.556 bits per heavy atom. The van der Waals surface area contributed by atoms with Crippen LogP contribution in [0.5, 0.6) is 0 Å². The fourth-order valence-corrected chi connectivity index (χ4v) is 2.62. The smallest absolute Gasteiger partial charge is 0.0900 e. The molecule has 4 rings (SSSR count). The van der Waals surface area contributed by atoms with Gasteiger partial charge >= 0.3 is 33.2 Å². The maximum absolute atomic E-state index is 4.77. The maximum Gasteiger partial charge on any atom is 0.0900 e. The van der Waals surface area contributed by atoms with Gasteiger partial charge in [0.2, 0.25) is 0 Å². The van der Waals surface area contributed by atoms with E-state index in [1.54, 1.807) is 12.4 Å². The van der Waals surface area contributed by atoms with Crippen molar-refractivity contribution >= 4 is 20.3 Å². The van der Waals surface area contributed by atoms with Gasteiger partial charge in [0.15, 0.2) is 0 Å². The van der Waals surface area contributed by atoms with Gasteiger partial charge in [-0.2, -0.15) is 0 Å². The van der Waals surface area contributed by atoms with E-state index in [2.05, 4.69) is 34.2 Å². The van der Waals surface area contributed by atoms with Gasteiger partial charge in [-0.25, -0.2) is 4.98 Å². The molecule has 4 aromatic rings. The van der Waals surface area contributed by atoms with Crippen LogP contribution in [-0.4, -0.2) is 15.0 Å². The van der Waals surface area contributed by atoms with Gasteiger partial charge in [-0.1, -0.05) is 42.5 Å². The second kappa shape index (κ2) is 10.2. The monoisotopic (exact) mass is 438 g/mol. The molecule has 0 bridgehead atoms. The number of nitrogens with zero attached hydrogens (tertiary/aromatic N) is 3. The van der Waals surface area contributed by atoms with E-state index in [9.17, 15) is 0 Å². The van der Waals surface area contributed by atoms with Crippen LogP contribution < -0.4 is 0 Å². The van der Waals surface area contributed by atoms with Crippen molar-refractivity contribution < 1.29 is 12.9 Å². The molecule has 0 radical (unpaired) electrons. The van der Waals surface area contributed by atoms with Crippen molar-refractivity contribution in [1.29, 1.82) is 0 Å². The molecule has 3 aromatic heterocycles.